The van der Waals surface area contributed by atoms with E-state index in [0.29, 0.717) is 23.1 Å². The Balaban J connectivity index is 1.60. The third kappa shape index (κ3) is 5.21. The molecule has 0 aliphatic heterocycles. The lowest BCUT2D eigenvalue weighted by molar-refractivity contribution is -0.132. The number of hydrogen-bond acceptors (Lipinski definition) is 4. The molecule has 0 saturated heterocycles. The molecule has 0 aliphatic rings. The first-order chi connectivity index (χ1) is 14.0. The van der Waals surface area contributed by atoms with Crippen LogP contribution in [0.5, 0.6) is 17.2 Å². The molecule has 1 N–H and O–H groups in total. The second-order valence-corrected chi connectivity index (χ2v) is 6.96. The summed E-state index contributed by atoms with van der Waals surface area (Å²) in [6.45, 7) is 0.232. The number of hydrogen-bond donors (Lipinski definition) is 1. The van der Waals surface area contributed by atoms with Gasteiger partial charge in [0.2, 0.25) is 0 Å². The first kappa shape index (κ1) is 20.6. The number of phenolic OH excluding ortho intramolecular Hbond substituents is 1. The summed E-state index contributed by atoms with van der Waals surface area (Å²) in [5.74, 6) is 0.687. The molecular formula is C23H22ClNO4. The molecule has 3 aromatic rings. The number of phenols is 1. The number of rotatable bonds is 7. The molecule has 0 aliphatic carbocycles. The second-order valence-electron chi connectivity index (χ2n) is 6.56. The van der Waals surface area contributed by atoms with Crippen molar-refractivity contribution in [1.29, 1.82) is 0 Å². The topological polar surface area (TPSA) is 59.0 Å². The molecule has 150 valence electrons. The van der Waals surface area contributed by atoms with E-state index in [4.69, 9.17) is 21.1 Å². The SMILES string of the molecule is COc1cc(CN(C)C(=O)COc2ccc(-c3ccccc3)cc2Cl)ccc1O. The first-order valence-corrected chi connectivity index (χ1v) is 9.43. The fraction of sp³-hybridized carbons (Fsp3) is 0.174. The summed E-state index contributed by atoms with van der Waals surface area (Å²) < 4.78 is 10.7. The minimum absolute atomic E-state index is 0.0576. The molecule has 3 rings (SSSR count). The van der Waals surface area contributed by atoms with Gasteiger partial charge in [-0.2, -0.15) is 0 Å². The lowest BCUT2D eigenvalue weighted by Crippen LogP contribution is -2.31. The zero-order valence-electron chi connectivity index (χ0n) is 16.3. The molecule has 0 radical (unpaired) electrons. The van der Waals surface area contributed by atoms with E-state index in [9.17, 15) is 9.90 Å². The van der Waals surface area contributed by atoms with Crippen LogP contribution in [-0.4, -0.2) is 36.7 Å². The largest absolute Gasteiger partial charge is 0.504 e. The number of carbonyl (C=O) groups excluding carboxylic acids is 1. The van der Waals surface area contributed by atoms with Crippen LogP contribution < -0.4 is 9.47 Å². The van der Waals surface area contributed by atoms with Crippen LogP contribution in [0, 0.1) is 0 Å². The third-order valence-corrected chi connectivity index (χ3v) is 4.78. The Labute approximate surface area is 175 Å². The van der Waals surface area contributed by atoms with E-state index in [2.05, 4.69) is 0 Å². The van der Waals surface area contributed by atoms with Gasteiger partial charge in [0.1, 0.15) is 5.75 Å². The maximum atomic E-state index is 12.4. The molecule has 0 aromatic heterocycles. The molecule has 1 amide bonds. The average Bonchev–Trinajstić information content (AvgIpc) is 2.74. The summed E-state index contributed by atoms with van der Waals surface area (Å²) in [5.41, 5.74) is 2.87. The predicted octanol–water partition coefficient (Wildman–Crippen LogP) is 4.76. The molecule has 0 unspecified atom stereocenters. The molecule has 0 bridgehead atoms. The van der Waals surface area contributed by atoms with Crippen molar-refractivity contribution in [2.75, 3.05) is 20.8 Å². The molecule has 0 heterocycles. The van der Waals surface area contributed by atoms with Crippen molar-refractivity contribution in [3.05, 3.63) is 77.3 Å². The van der Waals surface area contributed by atoms with Crippen molar-refractivity contribution in [2.24, 2.45) is 0 Å². The van der Waals surface area contributed by atoms with Crippen LogP contribution in [0.25, 0.3) is 11.1 Å². The summed E-state index contributed by atoms with van der Waals surface area (Å²) in [6, 6.07) is 20.4. The highest BCUT2D eigenvalue weighted by Crippen LogP contribution is 2.30. The van der Waals surface area contributed by atoms with Gasteiger partial charge in [-0.05, 0) is 41.0 Å². The lowest BCUT2D eigenvalue weighted by atomic mass is 10.1. The minimum atomic E-state index is -0.194. The van der Waals surface area contributed by atoms with Crippen molar-refractivity contribution in [3.8, 4) is 28.4 Å². The molecule has 29 heavy (non-hydrogen) atoms. The fourth-order valence-corrected chi connectivity index (χ4v) is 3.10. The van der Waals surface area contributed by atoms with Crippen molar-refractivity contribution >= 4 is 17.5 Å². The van der Waals surface area contributed by atoms with Gasteiger partial charge in [0, 0.05) is 13.6 Å². The summed E-state index contributed by atoms with van der Waals surface area (Å²) in [5, 5.41) is 10.1. The molecule has 0 fully saturated rings. The fourth-order valence-electron chi connectivity index (χ4n) is 2.86. The Morgan fingerprint density at radius 3 is 2.45 bits per heavy atom. The normalized spacial score (nSPS) is 10.4. The van der Waals surface area contributed by atoms with E-state index in [-0.39, 0.29) is 18.3 Å². The highest BCUT2D eigenvalue weighted by molar-refractivity contribution is 6.32. The number of methoxy groups -OCH3 is 1. The number of likely N-dealkylation sites (N-methyl/N-ethyl adjacent to an activating group) is 1. The van der Waals surface area contributed by atoms with Crippen LogP contribution in [0.15, 0.2) is 66.7 Å². The van der Waals surface area contributed by atoms with Gasteiger partial charge in [0.25, 0.3) is 5.91 Å². The first-order valence-electron chi connectivity index (χ1n) is 9.05. The highest BCUT2D eigenvalue weighted by atomic mass is 35.5. The number of aromatic hydroxyl groups is 1. The van der Waals surface area contributed by atoms with Gasteiger partial charge in [-0.1, -0.05) is 54.1 Å². The molecule has 0 atom stereocenters. The Kier molecular flexibility index (Phi) is 6.62. The molecular weight excluding hydrogens is 390 g/mol. The highest BCUT2D eigenvalue weighted by Gasteiger charge is 2.13. The molecule has 0 spiro atoms. The van der Waals surface area contributed by atoms with Crippen molar-refractivity contribution < 1.29 is 19.4 Å². The van der Waals surface area contributed by atoms with Gasteiger partial charge in [-0.3, -0.25) is 4.79 Å². The Morgan fingerprint density at radius 1 is 1.00 bits per heavy atom. The van der Waals surface area contributed by atoms with Crippen LogP contribution in [0.3, 0.4) is 0 Å². The Morgan fingerprint density at radius 2 is 1.76 bits per heavy atom. The predicted molar refractivity (Wildman–Crippen MR) is 114 cm³/mol. The summed E-state index contributed by atoms with van der Waals surface area (Å²) in [4.78, 5) is 14.0. The van der Waals surface area contributed by atoms with Gasteiger partial charge in [0.05, 0.1) is 12.1 Å². The Bertz CT molecular complexity index is 991. The van der Waals surface area contributed by atoms with Crippen LogP contribution >= 0.6 is 11.6 Å². The van der Waals surface area contributed by atoms with Crippen molar-refractivity contribution in [1.82, 2.24) is 4.90 Å². The molecule has 5 nitrogen and oxygen atoms in total. The smallest absolute Gasteiger partial charge is 0.260 e. The molecule has 0 saturated carbocycles. The molecule has 3 aromatic carbocycles. The van der Waals surface area contributed by atoms with E-state index < -0.39 is 0 Å². The quantitative estimate of drug-likeness (QED) is 0.609. The van der Waals surface area contributed by atoms with Crippen molar-refractivity contribution in [3.63, 3.8) is 0 Å². The average molecular weight is 412 g/mol. The van der Waals surface area contributed by atoms with Gasteiger partial charge in [-0.15, -0.1) is 0 Å². The monoisotopic (exact) mass is 411 g/mol. The maximum absolute atomic E-state index is 12.4. The minimum Gasteiger partial charge on any atom is -0.504 e. The van der Waals surface area contributed by atoms with Gasteiger partial charge < -0.3 is 19.5 Å². The van der Waals surface area contributed by atoms with Crippen molar-refractivity contribution in [2.45, 2.75) is 6.54 Å². The van der Waals surface area contributed by atoms with Crippen LogP contribution in [-0.2, 0) is 11.3 Å². The Hall–Kier alpha value is -3.18. The molecule has 6 heteroatoms. The number of benzene rings is 3. The van der Waals surface area contributed by atoms with Crippen LogP contribution in [0.2, 0.25) is 5.02 Å². The van der Waals surface area contributed by atoms with E-state index in [0.717, 1.165) is 16.7 Å². The van der Waals surface area contributed by atoms with Crippen LogP contribution in [0.1, 0.15) is 5.56 Å². The van der Waals surface area contributed by atoms with Crippen LogP contribution in [0.4, 0.5) is 0 Å². The third-order valence-electron chi connectivity index (χ3n) is 4.48. The van der Waals surface area contributed by atoms with E-state index in [1.807, 2.05) is 42.5 Å². The summed E-state index contributed by atoms with van der Waals surface area (Å²) in [6.07, 6.45) is 0. The van der Waals surface area contributed by atoms with Gasteiger partial charge in [0.15, 0.2) is 18.1 Å². The maximum Gasteiger partial charge on any atom is 0.260 e. The number of halogens is 1. The van der Waals surface area contributed by atoms with Gasteiger partial charge in [-0.25, -0.2) is 0 Å². The number of carbonyl (C=O) groups is 1. The zero-order valence-corrected chi connectivity index (χ0v) is 17.0. The van der Waals surface area contributed by atoms with Gasteiger partial charge >= 0.3 is 0 Å². The number of ether oxygens (including phenoxy) is 2. The summed E-state index contributed by atoms with van der Waals surface area (Å²) >= 11 is 6.33. The van der Waals surface area contributed by atoms with E-state index in [1.54, 1.807) is 25.2 Å². The summed E-state index contributed by atoms with van der Waals surface area (Å²) in [7, 11) is 3.17. The second kappa shape index (κ2) is 9.34. The van der Waals surface area contributed by atoms with E-state index in [1.165, 1.54) is 18.1 Å². The van der Waals surface area contributed by atoms with E-state index >= 15 is 0 Å². The zero-order chi connectivity index (χ0) is 20.8. The lowest BCUT2D eigenvalue weighted by Gasteiger charge is -2.18. The standard InChI is InChI=1S/C23H22ClNO4/c1-25(14-16-8-10-20(26)22(12-16)28-2)23(27)15-29-21-11-9-18(13-19(21)24)17-6-4-3-5-7-17/h3-13,26H,14-15H2,1-2H3. The number of nitrogens with zero attached hydrogens (tertiary/aromatic N) is 1. The number of amides is 1.